The molecule has 7 heteroatoms. The van der Waals surface area contributed by atoms with Crippen molar-refractivity contribution < 1.29 is 24.5 Å². The van der Waals surface area contributed by atoms with E-state index in [9.17, 15) is 9.90 Å². The average Bonchev–Trinajstić information content (AvgIpc) is 2.64. The maximum atomic E-state index is 11.2. The van der Waals surface area contributed by atoms with Gasteiger partial charge < -0.3 is 19.7 Å². The number of fused-ring (bicyclic) bond motifs is 1. The number of carbonyl (C=O) groups is 1. The number of carboxylic acids is 1. The van der Waals surface area contributed by atoms with Crippen molar-refractivity contribution in [2.75, 3.05) is 6.61 Å². The van der Waals surface area contributed by atoms with Gasteiger partial charge in [0.05, 0.1) is 6.61 Å². The first-order valence-electron chi connectivity index (χ1n) is 7.96. The van der Waals surface area contributed by atoms with Gasteiger partial charge in [0.2, 0.25) is 0 Å². The lowest BCUT2D eigenvalue weighted by Gasteiger charge is -2.10. The van der Waals surface area contributed by atoms with Crippen molar-refractivity contribution in [3.8, 4) is 23.0 Å². The molecule has 0 aliphatic heterocycles. The zero-order valence-electron chi connectivity index (χ0n) is 13.9. The molecule has 2 aromatic carbocycles. The lowest BCUT2D eigenvalue weighted by Crippen LogP contribution is -2.02. The molecule has 0 aliphatic carbocycles. The second-order valence-electron chi connectivity index (χ2n) is 5.53. The highest BCUT2D eigenvalue weighted by atomic mass is 79.9. The van der Waals surface area contributed by atoms with Crippen LogP contribution in [0.3, 0.4) is 0 Å². The van der Waals surface area contributed by atoms with Crippen LogP contribution in [0.4, 0.5) is 0 Å². The number of benzene rings is 2. The summed E-state index contributed by atoms with van der Waals surface area (Å²) in [6.45, 7) is 2.69. The number of nitrogens with zero attached hydrogens (tertiary/aromatic N) is 1. The van der Waals surface area contributed by atoms with Crippen LogP contribution in [-0.2, 0) is 0 Å². The zero-order valence-corrected chi connectivity index (χ0v) is 15.5. The maximum absolute atomic E-state index is 11.2. The highest BCUT2D eigenvalue weighted by molar-refractivity contribution is 9.10. The number of aromatic hydroxyl groups is 1. The van der Waals surface area contributed by atoms with E-state index in [0.717, 1.165) is 12.2 Å². The van der Waals surface area contributed by atoms with Crippen LogP contribution >= 0.6 is 15.9 Å². The topological polar surface area (TPSA) is 88.9 Å². The highest BCUT2D eigenvalue weighted by Gasteiger charge is 2.18. The maximum Gasteiger partial charge on any atom is 0.358 e. The van der Waals surface area contributed by atoms with E-state index in [4.69, 9.17) is 14.6 Å². The van der Waals surface area contributed by atoms with Crippen LogP contribution in [-0.4, -0.2) is 27.8 Å². The third kappa shape index (κ3) is 3.72. The number of halogens is 1. The minimum Gasteiger partial charge on any atom is -0.505 e. The van der Waals surface area contributed by atoms with E-state index in [1.54, 1.807) is 30.3 Å². The van der Waals surface area contributed by atoms with Gasteiger partial charge in [0, 0.05) is 10.8 Å². The number of carboxylic acid groups (broad SMARTS) is 1. The fraction of sp³-hybridized carbons (Fsp3) is 0.158. The summed E-state index contributed by atoms with van der Waals surface area (Å²) in [6.07, 6.45) is 0.932. The molecule has 3 aromatic rings. The zero-order chi connectivity index (χ0) is 18.7. The molecule has 0 unspecified atom stereocenters. The highest BCUT2D eigenvalue weighted by Crippen LogP contribution is 2.36. The Morgan fingerprint density at radius 1 is 1.08 bits per heavy atom. The molecule has 26 heavy (non-hydrogen) atoms. The van der Waals surface area contributed by atoms with Crippen LogP contribution in [0.15, 0.2) is 47.1 Å². The number of ether oxygens (including phenoxy) is 2. The monoisotopic (exact) mass is 417 g/mol. The van der Waals surface area contributed by atoms with Gasteiger partial charge in [-0.15, -0.1) is 0 Å². The Balaban J connectivity index is 1.91. The summed E-state index contributed by atoms with van der Waals surface area (Å²) < 4.78 is 11.7. The van der Waals surface area contributed by atoms with Crippen LogP contribution < -0.4 is 9.47 Å². The molecule has 0 atom stereocenters. The van der Waals surface area contributed by atoms with Crippen LogP contribution in [0.2, 0.25) is 0 Å². The molecule has 0 saturated carbocycles. The van der Waals surface area contributed by atoms with Crippen molar-refractivity contribution in [2.45, 2.75) is 13.3 Å². The molecule has 0 aliphatic rings. The van der Waals surface area contributed by atoms with Crippen molar-refractivity contribution in [3.05, 3.63) is 52.8 Å². The fourth-order valence-electron chi connectivity index (χ4n) is 2.41. The summed E-state index contributed by atoms with van der Waals surface area (Å²) >= 11 is 3.23. The smallest absolute Gasteiger partial charge is 0.358 e. The summed E-state index contributed by atoms with van der Waals surface area (Å²) in [6, 6.07) is 12.2. The Morgan fingerprint density at radius 3 is 2.38 bits per heavy atom. The van der Waals surface area contributed by atoms with Crippen LogP contribution in [0.25, 0.3) is 10.8 Å². The van der Waals surface area contributed by atoms with Gasteiger partial charge in [-0.2, -0.15) is 0 Å². The lowest BCUT2D eigenvalue weighted by molar-refractivity contribution is 0.0687. The molecular weight excluding hydrogens is 402 g/mol. The van der Waals surface area contributed by atoms with Gasteiger partial charge in [0.25, 0.3) is 0 Å². The van der Waals surface area contributed by atoms with Gasteiger partial charge >= 0.3 is 5.97 Å². The minimum absolute atomic E-state index is 0.338. The second kappa shape index (κ2) is 7.61. The normalized spacial score (nSPS) is 10.7. The van der Waals surface area contributed by atoms with Gasteiger partial charge in [0.1, 0.15) is 21.9 Å². The third-order valence-corrected chi connectivity index (χ3v) is 4.24. The summed E-state index contributed by atoms with van der Waals surface area (Å²) in [5.41, 5.74) is -0.418. The molecule has 2 N–H and O–H groups in total. The van der Waals surface area contributed by atoms with Crippen molar-refractivity contribution in [1.82, 2.24) is 4.98 Å². The van der Waals surface area contributed by atoms with Gasteiger partial charge in [-0.1, -0.05) is 6.92 Å². The summed E-state index contributed by atoms with van der Waals surface area (Å²) in [7, 11) is 0. The summed E-state index contributed by atoms with van der Waals surface area (Å²) in [5, 5.41) is 20.3. The summed E-state index contributed by atoms with van der Waals surface area (Å²) in [5.74, 6) is 0.115. The van der Waals surface area contributed by atoms with Crippen LogP contribution in [0.1, 0.15) is 23.8 Å². The van der Waals surface area contributed by atoms with E-state index < -0.39 is 17.4 Å². The Hall–Kier alpha value is -2.80. The van der Waals surface area contributed by atoms with Crippen molar-refractivity contribution in [2.24, 2.45) is 0 Å². The number of aromatic nitrogens is 1. The minimum atomic E-state index is -1.31. The second-order valence-corrected chi connectivity index (χ2v) is 6.29. The molecule has 3 rings (SSSR count). The van der Waals surface area contributed by atoms with Gasteiger partial charge in [-0.25, -0.2) is 9.78 Å². The quantitative estimate of drug-likeness (QED) is 0.549. The van der Waals surface area contributed by atoms with Gasteiger partial charge in [-0.05, 0) is 64.8 Å². The molecule has 0 spiro atoms. The first-order chi connectivity index (χ1) is 12.5. The molecule has 0 fully saturated rings. The van der Waals surface area contributed by atoms with Gasteiger partial charge in [-0.3, -0.25) is 0 Å². The molecule has 0 saturated heterocycles. The fourth-order valence-corrected chi connectivity index (χ4v) is 2.93. The molecular formula is C19H16BrNO5. The van der Waals surface area contributed by atoms with Crippen molar-refractivity contribution in [3.63, 3.8) is 0 Å². The molecule has 1 aromatic heterocycles. The van der Waals surface area contributed by atoms with Gasteiger partial charge in [0.15, 0.2) is 11.4 Å². The Bertz CT molecular complexity index is 956. The number of hydrogen-bond donors (Lipinski definition) is 2. The SMILES string of the molecule is CCCOc1ccc(Oc2ccc3c(Br)nc(C(=O)O)c(O)c3c2)cc1. The lowest BCUT2D eigenvalue weighted by atomic mass is 10.1. The first kappa shape index (κ1) is 18.0. The van der Waals surface area contributed by atoms with E-state index in [2.05, 4.69) is 20.9 Å². The van der Waals surface area contributed by atoms with E-state index >= 15 is 0 Å². The molecule has 0 radical (unpaired) electrons. The number of aromatic carboxylic acids is 1. The standard InChI is InChI=1S/C19H16BrNO5/c1-2-9-25-11-3-5-12(6-4-11)26-13-7-8-14-15(10-13)17(22)16(19(23)24)21-18(14)20/h3-8,10,22H,2,9H2,1H3,(H,23,24). The van der Waals surface area contributed by atoms with Crippen LogP contribution in [0, 0.1) is 0 Å². The number of hydrogen-bond acceptors (Lipinski definition) is 5. The Labute approximate surface area is 158 Å². The molecule has 0 bridgehead atoms. The van der Waals surface area contributed by atoms with E-state index in [0.29, 0.717) is 33.5 Å². The van der Waals surface area contributed by atoms with Crippen molar-refractivity contribution in [1.29, 1.82) is 0 Å². The van der Waals surface area contributed by atoms with E-state index in [-0.39, 0.29) is 0 Å². The van der Waals surface area contributed by atoms with Crippen LogP contribution in [0.5, 0.6) is 23.0 Å². The molecule has 6 nitrogen and oxygen atoms in total. The Morgan fingerprint density at radius 2 is 1.73 bits per heavy atom. The number of pyridine rings is 1. The van der Waals surface area contributed by atoms with E-state index in [1.165, 1.54) is 0 Å². The first-order valence-corrected chi connectivity index (χ1v) is 8.75. The van der Waals surface area contributed by atoms with Crippen molar-refractivity contribution >= 4 is 32.7 Å². The average molecular weight is 418 g/mol. The summed E-state index contributed by atoms with van der Waals surface area (Å²) in [4.78, 5) is 15.1. The predicted octanol–water partition coefficient (Wildman–Crippen LogP) is 4.98. The Kier molecular flexibility index (Phi) is 5.27. The molecule has 134 valence electrons. The largest absolute Gasteiger partial charge is 0.505 e. The number of rotatable bonds is 6. The predicted molar refractivity (Wildman–Crippen MR) is 100 cm³/mol. The van der Waals surface area contributed by atoms with E-state index in [1.807, 2.05) is 19.1 Å². The molecule has 1 heterocycles. The molecule has 0 amide bonds. The third-order valence-electron chi connectivity index (χ3n) is 3.64.